The van der Waals surface area contributed by atoms with Crippen molar-refractivity contribution in [3.63, 3.8) is 0 Å². The highest BCUT2D eigenvalue weighted by Crippen LogP contribution is 2.31. The Morgan fingerprint density at radius 3 is 3.00 bits per heavy atom. The average Bonchev–Trinajstić information content (AvgIpc) is 2.30. The fraction of sp³-hybridized carbons (Fsp3) is 0.300. The van der Waals surface area contributed by atoms with Gasteiger partial charge in [0, 0.05) is 12.1 Å². The van der Waals surface area contributed by atoms with E-state index in [4.69, 9.17) is 5.73 Å². The Bertz CT molecular complexity index is 310. The summed E-state index contributed by atoms with van der Waals surface area (Å²) in [6.07, 6.45) is 9.07. The molecule has 0 bridgehead atoms. The van der Waals surface area contributed by atoms with Gasteiger partial charge in [-0.15, -0.1) is 0 Å². The average molecular weight is 161 g/mol. The summed E-state index contributed by atoms with van der Waals surface area (Å²) in [5.41, 5.74) is 7.66. The highest BCUT2D eigenvalue weighted by atomic mass is 16.1. The minimum Gasteiger partial charge on any atom is -0.399 e. The number of hydrogen-bond acceptors (Lipinski definition) is 2. The predicted octanol–water partition coefficient (Wildman–Crippen LogP) is 1.30. The van der Waals surface area contributed by atoms with E-state index in [9.17, 15) is 4.79 Å². The Kier molecular flexibility index (Phi) is 1.61. The van der Waals surface area contributed by atoms with Crippen LogP contribution in [0.5, 0.6) is 0 Å². The number of Topliss-reactive ketones (excluding diaryl/α,β-unsaturated/α-hetero) is 1. The van der Waals surface area contributed by atoms with Gasteiger partial charge in [-0.05, 0) is 18.1 Å². The fourth-order valence-electron chi connectivity index (χ4n) is 1.75. The van der Waals surface area contributed by atoms with Crippen LogP contribution in [-0.4, -0.2) is 5.78 Å². The van der Waals surface area contributed by atoms with E-state index < -0.39 is 0 Å². The highest BCUT2D eigenvalue weighted by Gasteiger charge is 2.28. The summed E-state index contributed by atoms with van der Waals surface area (Å²) in [5, 5.41) is 0. The van der Waals surface area contributed by atoms with Crippen LogP contribution in [0.3, 0.4) is 0 Å². The molecule has 12 heavy (non-hydrogen) atoms. The zero-order chi connectivity index (χ0) is 8.55. The molecule has 1 unspecified atom stereocenters. The summed E-state index contributed by atoms with van der Waals surface area (Å²) in [6, 6.07) is 0. The van der Waals surface area contributed by atoms with Gasteiger partial charge in [0.2, 0.25) is 0 Å². The highest BCUT2D eigenvalue weighted by molar-refractivity contribution is 5.89. The smallest absolute Gasteiger partial charge is 0.144 e. The number of nitrogens with two attached hydrogens (primary N) is 1. The molecule has 62 valence electrons. The van der Waals surface area contributed by atoms with Crippen molar-refractivity contribution in [2.45, 2.75) is 12.8 Å². The van der Waals surface area contributed by atoms with Crippen LogP contribution in [0.15, 0.2) is 35.6 Å². The Morgan fingerprint density at radius 2 is 2.17 bits per heavy atom. The molecular formula is C10H11NO. The lowest BCUT2D eigenvalue weighted by Gasteiger charge is -2.04. The minimum atomic E-state index is -0.0278. The molecule has 1 atom stereocenters. The van der Waals surface area contributed by atoms with E-state index in [0.29, 0.717) is 12.2 Å². The molecule has 2 nitrogen and oxygen atoms in total. The maximum atomic E-state index is 11.3. The first-order valence-electron chi connectivity index (χ1n) is 4.15. The largest absolute Gasteiger partial charge is 0.399 e. The van der Waals surface area contributed by atoms with Gasteiger partial charge in [-0.2, -0.15) is 0 Å². The van der Waals surface area contributed by atoms with E-state index in [1.54, 1.807) is 0 Å². The fourth-order valence-corrected chi connectivity index (χ4v) is 1.75. The van der Waals surface area contributed by atoms with Crippen LogP contribution in [0.4, 0.5) is 0 Å². The zero-order valence-electron chi connectivity index (χ0n) is 6.79. The van der Waals surface area contributed by atoms with Crippen molar-refractivity contribution in [1.29, 1.82) is 0 Å². The molecule has 0 heterocycles. The topological polar surface area (TPSA) is 43.1 Å². The van der Waals surface area contributed by atoms with Crippen molar-refractivity contribution < 1.29 is 4.79 Å². The second-order valence-electron chi connectivity index (χ2n) is 3.17. The monoisotopic (exact) mass is 161 g/mol. The number of carbonyl (C=O) groups is 1. The van der Waals surface area contributed by atoms with Gasteiger partial charge in [0.15, 0.2) is 0 Å². The number of ketones is 1. The molecule has 0 spiro atoms. The molecule has 2 rings (SSSR count). The number of rotatable bonds is 0. The third-order valence-corrected chi connectivity index (χ3v) is 2.42. The summed E-state index contributed by atoms with van der Waals surface area (Å²) in [7, 11) is 0. The zero-order valence-corrected chi connectivity index (χ0v) is 6.79. The minimum absolute atomic E-state index is 0.0278. The molecule has 2 heteroatoms. The van der Waals surface area contributed by atoms with Crippen molar-refractivity contribution in [3.8, 4) is 0 Å². The molecule has 1 saturated carbocycles. The molecule has 0 aromatic heterocycles. The summed E-state index contributed by atoms with van der Waals surface area (Å²) >= 11 is 0. The van der Waals surface area contributed by atoms with Gasteiger partial charge in [0.05, 0.1) is 5.92 Å². The van der Waals surface area contributed by atoms with Gasteiger partial charge in [-0.3, -0.25) is 4.79 Å². The van der Waals surface area contributed by atoms with Crippen LogP contribution in [0.2, 0.25) is 0 Å². The normalized spacial score (nSPS) is 27.7. The standard InChI is InChI=1S/C10H11NO/c11-9-4-2-1-3-8-7(9)5-6-10(8)12/h1-4,8H,5-6,11H2. The van der Waals surface area contributed by atoms with Crippen molar-refractivity contribution in [2.75, 3.05) is 0 Å². The van der Waals surface area contributed by atoms with Gasteiger partial charge in [-0.25, -0.2) is 0 Å². The first-order valence-corrected chi connectivity index (χ1v) is 4.15. The van der Waals surface area contributed by atoms with Gasteiger partial charge in [0.1, 0.15) is 5.78 Å². The lowest BCUT2D eigenvalue weighted by Crippen LogP contribution is -2.07. The number of carbonyl (C=O) groups excluding carboxylic acids is 1. The predicted molar refractivity (Wildman–Crippen MR) is 47.2 cm³/mol. The van der Waals surface area contributed by atoms with Crippen molar-refractivity contribution in [1.82, 2.24) is 0 Å². The quantitative estimate of drug-likeness (QED) is 0.582. The summed E-state index contributed by atoms with van der Waals surface area (Å²) in [5.74, 6) is 0.271. The van der Waals surface area contributed by atoms with Crippen LogP contribution in [0, 0.1) is 5.92 Å². The first kappa shape index (κ1) is 7.35. The Morgan fingerprint density at radius 1 is 1.33 bits per heavy atom. The van der Waals surface area contributed by atoms with Gasteiger partial charge in [-0.1, -0.05) is 18.2 Å². The second-order valence-corrected chi connectivity index (χ2v) is 3.17. The van der Waals surface area contributed by atoms with E-state index in [2.05, 4.69) is 0 Å². The van der Waals surface area contributed by atoms with Crippen LogP contribution in [0.25, 0.3) is 0 Å². The summed E-state index contributed by atoms with van der Waals surface area (Å²) in [6.45, 7) is 0. The van der Waals surface area contributed by atoms with E-state index in [1.165, 1.54) is 0 Å². The molecular weight excluding hydrogens is 150 g/mol. The summed E-state index contributed by atoms with van der Waals surface area (Å²) < 4.78 is 0. The summed E-state index contributed by atoms with van der Waals surface area (Å²) in [4.78, 5) is 11.3. The number of allylic oxidation sites excluding steroid dienone is 5. The van der Waals surface area contributed by atoms with Crippen molar-refractivity contribution in [2.24, 2.45) is 11.7 Å². The van der Waals surface area contributed by atoms with E-state index in [1.807, 2.05) is 24.3 Å². The Balaban J connectivity index is 2.46. The maximum Gasteiger partial charge on any atom is 0.144 e. The lowest BCUT2D eigenvalue weighted by atomic mass is 10.0. The van der Waals surface area contributed by atoms with Crippen LogP contribution < -0.4 is 5.73 Å². The van der Waals surface area contributed by atoms with Crippen LogP contribution in [-0.2, 0) is 4.79 Å². The number of fused-ring (bicyclic) bond motifs is 1. The molecule has 0 aromatic rings. The molecule has 1 fully saturated rings. The van der Waals surface area contributed by atoms with Gasteiger partial charge in [0.25, 0.3) is 0 Å². The lowest BCUT2D eigenvalue weighted by molar-refractivity contribution is -0.119. The number of hydrogen-bond donors (Lipinski definition) is 1. The maximum absolute atomic E-state index is 11.3. The molecule has 0 aromatic carbocycles. The SMILES string of the molecule is NC1=C2CCC(=O)C2C=CC=C1. The van der Waals surface area contributed by atoms with Crippen LogP contribution in [0.1, 0.15) is 12.8 Å². The third-order valence-electron chi connectivity index (χ3n) is 2.42. The van der Waals surface area contributed by atoms with Crippen molar-refractivity contribution in [3.05, 3.63) is 35.6 Å². The molecule has 0 amide bonds. The van der Waals surface area contributed by atoms with Crippen molar-refractivity contribution >= 4 is 5.78 Å². The Hall–Kier alpha value is -1.31. The van der Waals surface area contributed by atoms with E-state index >= 15 is 0 Å². The molecule has 0 saturated heterocycles. The van der Waals surface area contributed by atoms with Gasteiger partial charge < -0.3 is 5.73 Å². The van der Waals surface area contributed by atoms with E-state index in [-0.39, 0.29) is 5.92 Å². The first-order chi connectivity index (χ1) is 5.79. The third kappa shape index (κ3) is 0.998. The van der Waals surface area contributed by atoms with E-state index in [0.717, 1.165) is 17.7 Å². The molecule has 0 aliphatic heterocycles. The molecule has 2 aliphatic carbocycles. The van der Waals surface area contributed by atoms with Gasteiger partial charge >= 0.3 is 0 Å². The molecule has 2 N–H and O–H groups in total. The molecule has 2 aliphatic rings. The molecule has 0 radical (unpaired) electrons. The Labute approximate surface area is 71.4 Å². The van der Waals surface area contributed by atoms with Crippen LogP contribution >= 0.6 is 0 Å². The second kappa shape index (κ2) is 2.63.